The van der Waals surface area contributed by atoms with E-state index in [0.29, 0.717) is 5.56 Å². The summed E-state index contributed by atoms with van der Waals surface area (Å²) in [7, 11) is 1.03. The van der Waals surface area contributed by atoms with Crippen LogP contribution in [-0.4, -0.2) is 20.3 Å². The molecule has 0 aliphatic rings. The molecule has 0 spiro atoms. The predicted octanol–water partition coefficient (Wildman–Crippen LogP) is 2.27. The highest BCUT2D eigenvalue weighted by molar-refractivity contribution is 8.13. The number of hydrogen-bond acceptors (Lipinski definition) is 2. The van der Waals surface area contributed by atoms with Gasteiger partial charge in [-0.1, -0.05) is 12.1 Å². The van der Waals surface area contributed by atoms with E-state index < -0.39 is 26.8 Å². The molecule has 1 aromatic rings. The van der Waals surface area contributed by atoms with Crippen LogP contribution in [0.25, 0.3) is 0 Å². The summed E-state index contributed by atoms with van der Waals surface area (Å²) in [6, 6.07) is 5.35. The summed E-state index contributed by atoms with van der Waals surface area (Å²) in [5.74, 6) is -1.24. The maximum Gasteiger partial charge on any atom is 0.235 e. The molecule has 1 rings (SSSR count). The van der Waals surface area contributed by atoms with Crippen molar-refractivity contribution in [2.24, 2.45) is 0 Å². The van der Waals surface area contributed by atoms with Crippen LogP contribution in [0.4, 0.5) is 8.78 Å². The van der Waals surface area contributed by atoms with Crippen LogP contribution in [0, 0.1) is 5.82 Å². The first-order valence-electron chi connectivity index (χ1n) is 4.17. The molecule has 1 atom stereocenters. The highest BCUT2D eigenvalue weighted by Crippen LogP contribution is 2.11. The Balaban J connectivity index is 2.63. The Morgan fingerprint density at radius 3 is 2.60 bits per heavy atom. The average Bonchev–Trinajstić information content (AvgIpc) is 1.99. The van der Waals surface area contributed by atoms with Gasteiger partial charge in [-0.25, -0.2) is 17.2 Å². The molecule has 0 radical (unpaired) electrons. The first-order chi connectivity index (χ1) is 6.87. The van der Waals surface area contributed by atoms with E-state index in [1.165, 1.54) is 18.2 Å². The van der Waals surface area contributed by atoms with Gasteiger partial charge in [-0.15, -0.1) is 0 Å². The van der Waals surface area contributed by atoms with Gasteiger partial charge in [0.25, 0.3) is 0 Å². The van der Waals surface area contributed by atoms with E-state index in [4.69, 9.17) is 10.7 Å². The fraction of sp³-hybridized carbons (Fsp3) is 0.333. The van der Waals surface area contributed by atoms with Crippen molar-refractivity contribution in [3.05, 3.63) is 35.6 Å². The second-order valence-corrected chi connectivity index (χ2v) is 5.96. The average molecular weight is 255 g/mol. The third kappa shape index (κ3) is 5.09. The van der Waals surface area contributed by atoms with Crippen LogP contribution < -0.4 is 0 Å². The lowest BCUT2D eigenvalue weighted by molar-refractivity contribution is 0.361. The minimum Gasteiger partial charge on any atom is -0.246 e. The van der Waals surface area contributed by atoms with E-state index >= 15 is 0 Å². The fourth-order valence-corrected chi connectivity index (χ4v) is 2.15. The van der Waals surface area contributed by atoms with E-state index in [1.54, 1.807) is 0 Å². The molecule has 1 aromatic carbocycles. The van der Waals surface area contributed by atoms with E-state index in [9.17, 15) is 17.2 Å². The lowest BCUT2D eigenvalue weighted by atomic mass is 10.1. The SMILES string of the molecule is O=S(=O)(Cl)CC(F)Cc1cccc(F)c1. The van der Waals surface area contributed by atoms with Crippen LogP contribution in [-0.2, 0) is 15.5 Å². The molecule has 0 fully saturated rings. The van der Waals surface area contributed by atoms with Crippen molar-refractivity contribution in [3.63, 3.8) is 0 Å². The molecule has 0 N–H and O–H groups in total. The van der Waals surface area contributed by atoms with Gasteiger partial charge in [0, 0.05) is 17.1 Å². The highest BCUT2D eigenvalue weighted by Gasteiger charge is 2.16. The molecule has 0 aliphatic carbocycles. The second-order valence-electron chi connectivity index (χ2n) is 3.14. The summed E-state index contributed by atoms with van der Waals surface area (Å²) in [6.45, 7) is 0. The summed E-state index contributed by atoms with van der Waals surface area (Å²) in [6.07, 6.45) is -1.78. The first kappa shape index (κ1) is 12.4. The Morgan fingerprint density at radius 1 is 1.40 bits per heavy atom. The summed E-state index contributed by atoms with van der Waals surface area (Å²) < 4.78 is 46.9. The lowest BCUT2D eigenvalue weighted by Crippen LogP contribution is -2.15. The zero-order valence-corrected chi connectivity index (χ0v) is 9.23. The number of hydrogen-bond donors (Lipinski definition) is 0. The number of halogens is 3. The van der Waals surface area contributed by atoms with Crippen molar-refractivity contribution >= 4 is 19.7 Å². The van der Waals surface area contributed by atoms with Crippen molar-refractivity contribution in [1.82, 2.24) is 0 Å². The van der Waals surface area contributed by atoms with Gasteiger partial charge in [-0.2, -0.15) is 0 Å². The Morgan fingerprint density at radius 2 is 2.07 bits per heavy atom. The van der Waals surface area contributed by atoms with Gasteiger partial charge < -0.3 is 0 Å². The van der Waals surface area contributed by atoms with Crippen LogP contribution in [0.1, 0.15) is 5.56 Å². The van der Waals surface area contributed by atoms with Gasteiger partial charge in [-0.3, -0.25) is 0 Å². The molecular weight excluding hydrogens is 246 g/mol. The molecule has 0 bridgehead atoms. The smallest absolute Gasteiger partial charge is 0.235 e. The molecule has 15 heavy (non-hydrogen) atoms. The minimum absolute atomic E-state index is 0.163. The van der Waals surface area contributed by atoms with E-state index in [2.05, 4.69) is 0 Å². The minimum atomic E-state index is -3.85. The Kier molecular flexibility index (Phi) is 4.04. The number of alkyl halides is 1. The molecule has 0 amide bonds. The summed E-state index contributed by atoms with van der Waals surface area (Å²) in [5, 5.41) is 0. The monoisotopic (exact) mass is 254 g/mol. The largest absolute Gasteiger partial charge is 0.246 e. The molecule has 0 aromatic heterocycles. The topological polar surface area (TPSA) is 34.1 Å². The first-order valence-corrected chi connectivity index (χ1v) is 6.65. The molecule has 0 aliphatic heterocycles. The van der Waals surface area contributed by atoms with Crippen molar-refractivity contribution in [3.8, 4) is 0 Å². The van der Waals surface area contributed by atoms with E-state index in [-0.39, 0.29) is 6.42 Å². The molecular formula is C9H9ClF2O2S. The Bertz CT molecular complexity index is 433. The van der Waals surface area contributed by atoms with Crippen molar-refractivity contribution < 1.29 is 17.2 Å². The second kappa shape index (κ2) is 4.90. The van der Waals surface area contributed by atoms with Crippen LogP contribution >= 0.6 is 10.7 Å². The molecule has 0 saturated carbocycles. The molecule has 84 valence electrons. The van der Waals surface area contributed by atoms with Gasteiger partial charge in [0.1, 0.15) is 12.0 Å². The predicted molar refractivity (Wildman–Crippen MR) is 54.6 cm³/mol. The highest BCUT2D eigenvalue weighted by atomic mass is 35.7. The summed E-state index contributed by atoms with van der Waals surface area (Å²) in [5.41, 5.74) is 0.405. The number of rotatable bonds is 4. The van der Waals surface area contributed by atoms with Gasteiger partial charge in [0.15, 0.2) is 0 Å². The van der Waals surface area contributed by atoms with Gasteiger partial charge in [0.2, 0.25) is 9.05 Å². The Hall–Kier alpha value is -0.680. The maximum atomic E-state index is 13.1. The normalized spacial score (nSPS) is 13.8. The fourth-order valence-electron chi connectivity index (χ4n) is 1.19. The maximum absolute atomic E-state index is 13.1. The van der Waals surface area contributed by atoms with Gasteiger partial charge in [0.05, 0.1) is 5.75 Å². The summed E-state index contributed by atoms with van der Waals surface area (Å²) in [4.78, 5) is 0. The Labute approximate surface area is 91.3 Å². The van der Waals surface area contributed by atoms with Crippen LogP contribution in [0.3, 0.4) is 0 Å². The zero-order chi connectivity index (χ0) is 11.5. The third-order valence-electron chi connectivity index (χ3n) is 1.73. The lowest BCUT2D eigenvalue weighted by Gasteiger charge is -2.05. The molecule has 0 heterocycles. The molecule has 6 heteroatoms. The third-order valence-corrected chi connectivity index (χ3v) is 2.86. The van der Waals surface area contributed by atoms with Crippen LogP contribution in [0.2, 0.25) is 0 Å². The van der Waals surface area contributed by atoms with Crippen LogP contribution in [0.5, 0.6) is 0 Å². The van der Waals surface area contributed by atoms with E-state index in [0.717, 1.165) is 6.07 Å². The van der Waals surface area contributed by atoms with Crippen molar-refractivity contribution in [2.45, 2.75) is 12.6 Å². The standard InChI is InChI=1S/C9H9ClF2O2S/c10-15(13,14)6-9(12)5-7-2-1-3-8(11)4-7/h1-4,9H,5-6H2. The van der Waals surface area contributed by atoms with Crippen molar-refractivity contribution in [1.29, 1.82) is 0 Å². The van der Waals surface area contributed by atoms with Gasteiger partial charge >= 0.3 is 0 Å². The van der Waals surface area contributed by atoms with Gasteiger partial charge in [-0.05, 0) is 17.7 Å². The summed E-state index contributed by atoms with van der Waals surface area (Å²) >= 11 is 0. The van der Waals surface area contributed by atoms with Crippen molar-refractivity contribution in [2.75, 3.05) is 5.75 Å². The van der Waals surface area contributed by atoms with E-state index in [1.807, 2.05) is 0 Å². The molecule has 1 unspecified atom stereocenters. The quantitative estimate of drug-likeness (QED) is 0.773. The van der Waals surface area contributed by atoms with Crippen LogP contribution in [0.15, 0.2) is 24.3 Å². The molecule has 0 saturated heterocycles. The molecule has 2 nitrogen and oxygen atoms in total. The zero-order valence-electron chi connectivity index (χ0n) is 7.66. The number of benzene rings is 1.